The molecule has 0 spiro atoms. The monoisotopic (exact) mass is 245 g/mol. The van der Waals surface area contributed by atoms with Crippen molar-refractivity contribution in [2.75, 3.05) is 7.11 Å². The van der Waals surface area contributed by atoms with Crippen molar-refractivity contribution in [3.8, 4) is 5.75 Å². The Morgan fingerprint density at radius 1 is 1.33 bits per heavy atom. The minimum absolute atomic E-state index is 0.101. The lowest BCUT2D eigenvalue weighted by Crippen LogP contribution is -2.04. The molecule has 3 nitrogen and oxygen atoms in total. The van der Waals surface area contributed by atoms with Crippen LogP contribution >= 0.6 is 0 Å². The van der Waals surface area contributed by atoms with E-state index >= 15 is 0 Å². The van der Waals surface area contributed by atoms with Gasteiger partial charge in [0.15, 0.2) is 5.78 Å². The molecule has 0 fully saturated rings. The Morgan fingerprint density at radius 2 is 2.17 bits per heavy atom. The van der Waals surface area contributed by atoms with E-state index in [4.69, 9.17) is 4.74 Å². The summed E-state index contributed by atoms with van der Waals surface area (Å²) in [6, 6.07) is 9.90. The van der Waals surface area contributed by atoms with Gasteiger partial charge >= 0.3 is 0 Å². The van der Waals surface area contributed by atoms with E-state index in [1.807, 2.05) is 18.2 Å². The quantitative estimate of drug-likeness (QED) is 0.614. The second-order valence-electron chi connectivity index (χ2n) is 3.82. The molecule has 4 heteroatoms. The lowest BCUT2D eigenvalue weighted by molar-refractivity contribution is 0.0992. The first-order valence-corrected chi connectivity index (χ1v) is 5.47. The zero-order chi connectivity index (χ0) is 13.0. The molecular weight excluding hydrogens is 233 g/mol. The number of carbonyl (C=O) groups excluding carboxylic acids is 1. The third-order valence-corrected chi connectivity index (χ3v) is 2.55. The van der Waals surface area contributed by atoms with Crippen molar-refractivity contribution in [2.45, 2.75) is 6.42 Å². The number of ketones is 1. The zero-order valence-corrected chi connectivity index (χ0v) is 9.89. The van der Waals surface area contributed by atoms with Gasteiger partial charge in [-0.25, -0.2) is 4.98 Å². The summed E-state index contributed by atoms with van der Waals surface area (Å²) in [6.45, 7) is 0. The highest BCUT2D eigenvalue weighted by Crippen LogP contribution is 2.14. The highest BCUT2D eigenvalue weighted by atomic mass is 19.1. The fourth-order valence-corrected chi connectivity index (χ4v) is 1.61. The molecule has 0 radical (unpaired) electrons. The van der Waals surface area contributed by atoms with Gasteiger partial charge in [0.25, 0.3) is 0 Å². The molecule has 0 unspecified atom stereocenters. The van der Waals surface area contributed by atoms with Gasteiger partial charge in [-0.2, -0.15) is 4.39 Å². The predicted molar refractivity (Wildman–Crippen MR) is 65.2 cm³/mol. The third kappa shape index (κ3) is 2.91. The second-order valence-corrected chi connectivity index (χ2v) is 3.82. The number of carbonyl (C=O) groups is 1. The van der Waals surface area contributed by atoms with Crippen LogP contribution < -0.4 is 4.74 Å². The Morgan fingerprint density at radius 3 is 2.83 bits per heavy atom. The average Bonchev–Trinajstić information content (AvgIpc) is 2.39. The molecular formula is C14H12FNO2. The fourth-order valence-electron chi connectivity index (χ4n) is 1.61. The molecule has 1 aromatic heterocycles. The highest BCUT2D eigenvalue weighted by Gasteiger charge is 2.08. The molecule has 0 saturated carbocycles. The molecule has 2 aromatic rings. The lowest BCUT2D eigenvalue weighted by atomic mass is 10.0. The summed E-state index contributed by atoms with van der Waals surface area (Å²) in [4.78, 5) is 15.4. The lowest BCUT2D eigenvalue weighted by Gasteiger charge is -2.04. The highest BCUT2D eigenvalue weighted by molar-refractivity contribution is 5.97. The van der Waals surface area contributed by atoms with Crippen LogP contribution in [0.2, 0.25) is 0 Å². The van der Waals surface area contributed by atoms with E-state index in [0.717, 1.165) is 5.56 Å². The van der Waals surface area contributed by atoms with E-state index in [9.17, 15) is 9.18 Å². The first-order chi connectivity index (χ1) is 8.69. The van der Waals surface area contributed by atoms with Crippen LogP contribution in [-0.4, -0.2) is 17.9 Å². The molecule has 0 atom stereocenters. The van der Waals surface area contributed by atoms with Gasteiger partial charge in [-0.15, -0.1) is 0 Å². The summed E-state index contributed by atoms with van der Waals surface area (Å²) in [7, 11) is 1.57. The number of aromatic nitrogens is 1. The minimum Gasteiger partial charge on any atom is -0.497 e. The van der Waals surface area contributed by atoms with Crippen LogP contribution in [0.1, 0.15) is 15.9 Å². The summed E-state index contributed by atoms with van der Waals surface area (Å²) in [5.41, 5.74) is 1.25. The summed E-state index contributed by atoms with van der Waals surface area (Å²) < 4.78 is 17.7. The van der Waals surface area contributed by atoms with Gasteiger partial charge in [-0.1, -0.05) is 12.1 Å². The maximum Gasteiger partial charge on any atom is 0.212 e. The van der Waals surface area contributed by atoms with E-state index in [2.05, 4.69) is 4.98 Å². The normalized spacial score (nSPS) is 10.1. The largest absolute Gasteiger partial charge is 0.497 e. The second kappa shape index (κ2) is 5.40. The van der Waals surface area contributed by atoms with E-state index in [1.54, 1.807) is 13.2 Å². The van der Waals surface area contributed by atoms with E-state index in [-0.39, 0.29) is 12.2 Å². The number of ether oxygens (including phenoxy) is 1. The first-order valence-electron chi connectivity index (χ1n) is 5.47. The van der Waals surface area contributed by atoms with Crippen LogP contribution in [0.5, 0.6) is 5.75 Å². The molecule has 0 N–H and O–H groups in total. The summed E-state index contributed by atoms with van der Waals surface area (Å²) in [6.07, 6.45) is 1.49. The van der Waals surface area contributed by atoms with Gasteiger partial charge in [0.1, 0.15) is 5.75 Å². The fraction of sp³-hybridized carbons (Fsp3) is 0.143. The Bertz CT molecular complexity index is 552. The van der Waals surface area contributed by atoms with Crippen molar-refractivity contribution in [1.29, 1.82) is 0 Å². The van der Waals surface area contributed by atoms with Crippen LogP contribution in [0, 0.1) is 5.95 Å². The number of halogens is 1. The van der Waals surface area contributed by atoms with Gasteiger partial charge in [0.05, 0.1) is 7.11 Å². The van der Waals surface area contributed by atoms with Crippen molar-refractivity contribution in [3.63, 3.8) is 0 Å². The Kier molecular flexibility index (Phi) is 3.67. The topological polar surface area (TPSA) is 39.2 Å². The number of methoxy groups -OCH3 is 1. The Balaban J connectivity index is 2.13. The molecule has 92 valence electrons. The van der Waals surface area contributed by atoms with Gasteiger partial charge < -0.3 is 4.74 Å². The molecule has 18 heavy (non-hydrogen) atoms. The van der Waals surface area contributed by atoms with Crippen molar-refractivity contribution in [2.24, 2.45) is 0 Å². The maximum absolute atomic E-state index is 12.6. The molecule has 0 amide bonds. The molecule has 1 heterocycles. The minimum atomic E-state index is -0.590. The van der Waals surface area contributed by atoms with Gasteiger partial charge in [-0.05, 0) is 29.8 Å². The third-order valence-electron chi connectivity index (χ3n) is 2.55. The average molecular weight is 245 g/mol. The van der Waals surface area contributed by atoms with Crippen LogP contribution in [0.25, 0.3) is 0 Å². The molecule has 0 bridgehead atoms. The van der Waals surface area contributed by atoms with Crippen molar-refractivity contribution < 1.29 is 13.9 Å². The molecule has 0 aliphatic heterocycles. The van der Waals surface area contributed by atoms with E-state index in [0.29, 0.717) is 11.3 Å². The Labute approximate surface area is 104 Å². The standard InChI is InChI=1S/C14H12FNO2/c1-18-12-4-2-3-10(7-12)8-13(17)11-5-6-14(15)16-9-11/h2-7,9H,8H2,1H3. The molecule has 0 aliphatic rings. The first kappa shape index (κ1) is 12.2. The summed E-state index contributed by atoms with van der Waals surface area (Å²) in [5, 5.41) is 0. The Hall–Kier alpha value is -2.23. The predicted octanol–water partition coefficient (Wildman–Crippen LogP) is 2.65. The van der Waals surface area contributed by atoms with E-state index in [1.165, 1.54) is 18.3 Å². The summed E-state index contributed by atoms with van der Waals surface area (Å²) >= 11 is 0. The van der Waals surface area contributed by atoms with Crippen LogP contribution in [0.4, 0.5) is 4.39 Å². The summed E-state index contributed by atoms with van der Waals surface area (Å²) in [5.74, 6) is 0.0150. The number of nitrogens with zero attached hydrogens (tertiary/aromatic N) is 1. The number of benzene rings is 1. The van der Waals surface area contributed by atoms with E-state index < -0.39 is 5.95 Å². The zero-order valence-electron chi connectivity index (χ0n) is 9.89. The molecule has 0 saturated heterocycles. The van der Waals surface area contributed by atoms with Gasteiger partial charge in [-0.3, -0.25) is 4.79 Å². The van der Waals surface area contributed by atoms with Crippen molar-refractivity contribution in [3.05, 3.63) is 59.7 Å². The van der Waals surface area contributed by atoms with Crippen LogP contribution in [0.3, 0.4) is 0 Å². The smallest absolute Gasteiger partial charge is 0.212 e. The van der Waals surface area contributed by atoms with Crippen LogP contribution in [0.15, 0.2) is 42.6 Å². The molecule has 2 rings (SSSR count). The maximum atomic E-state index is 12.6. The van der Waals surface area contributed by atoms with Gasteiger partial charge in [0.2, 0.25) is 5.95 Å². The molecule has 1 aromatic carbocycles. The SMILES string of the molecule is COc1cccc(CC(=O)c2ccc(F)nc2)c1. The van der Waals surface area contributed by atoms with Crippen LogP contribution in [-0.2, 0) is 6.42 Å². The number of Topliss-reactive ketones (excluding diaryl/α,β-unsaturated/α-hetero) is 1. The van der Waals surface area contributed by atoms with Crippen molar-refractivity contribution >= 4 is 5.78 Å². The molecule has 0 aliphatic carbocycles. The van der Waals surface area contributed by atoms with Crippen molar-refractivity contribution in [1.82, 2.24) is 4.98 Å². The number of rotatable bonds is 4. The van der Waals surface area contributed by atoms with Gasteiger partial charge in [0, 0.05) is 18.2 Å². The number of pyridine rings is 1. The number of hydrogen-bond acceptors (Lipinski definition) is 3. The number of hydrogen-bond donors (Lipinski definition) is 0.